The van der Waals surface area contributed by atoms with Crippen LogP contribution >= 0.6 is 0 Å². The van der Waals surface area contributed by atoms with E-state index in [1.165, 1.54) is 0 Å². The molecule has 2 amide bonds. The fraction of sp³-hybridized carbons (Fsp3) is 0.917. The van der Waals surface area contributed by atoms with Gasteiger partial charge in [0.25, 0.3) is 0 Å². The van der Waals surface area contributed by atoms with E-state index in [0.29, 0.717) is 6.61 Å². The Balaban J connectivity index is 2.15. The molecule has 1 saturated heterocycles. The van der Waals surface area contributed by atoms with Crippen LogP contribution in [0.5, 0.6) is 0 Å². The zero-order valence-electron chi connectivity index (χ0n) is 10.7. The number of ether oxygens (including phenoxy) is 1. The van der Waals surface area contributed by atoms with Gasteiger partial charge in [0.2, 0.25) is 0 Å². The van der Waals surface area contributed by atoms with Crippen LogP contribution < -0.4 is 5.32 Å². The summed E-state index contributed by atoms with van der Waals surface area (Å²) in [6.07, 6.45) is 4.04. The van der Waals surface area contributed by atoms with E-state index in [4.69, 9.17) is 9.84 Å². The number of hydrogen-bond donors (Lipinski definition) is 2. The van der Waals surface area contributed by atoms with E-state index in [1.54, 1.807) is 0 Å². The van der Waals surface area contributed by atoms with E-state index in [0.717, 1.165) is 45.3 Å². The molecule has 1 aliphatic heterocycles. The molecule has 100 valence electrons. The van der Waals surface area contributed by atoms with Crippen LogP contribution in [-0.4, -0.2) is 55.0 Å². The van der Waals surface area contributed by atoms with Crippen LogP contribution in [0.3, 0.4) is 0 Å². The highest BCUT2D eigenvalue weighted by Gasteiger charge is 2.22. The number of carbonyl (C=O) groups excluding carboxylic acids is 1. The minimum Gasteiger partial charge on any atom is -0.394 e. The third-order valence-corrected chi connectivity index (χ3v) is 2.98. The first-order valence-corrected chi connectivity index (χ1v) is 6.53. The summed E-state index contributed by atoms with van der Waals surface area (Å²) in [5.74, 6) is 0. The number of rotatable bonds is 6. The Hall–Kier alpha value is -0.810. The number of nitrogens with one attached hydrogen (secondary N) is 1. The number of aliphatic hydroxyl groups excluding tert-OH is 1. The van der Waals surface area contributed by atoms with Crippen molar-refractivity contribution in [3.8, 4) is 0 Å². The van der Waals surface area contributed by atoms with Gasteiger partial charge >= 0.3 is 6.03 Å². The average molecular weight is 244 g/mol. The fourth-order valence-corrected chi connectivity index (χ4v) is 1.93. The quantitative estimate of drug-likeness (QED) is 0.684. The summed E-state index contributed by atoms with van der Waals surface area (Å²) < 4.78 is 5.45. The van der Waals surface area contributed by atoms with Crippen molar-refractivity contribution >= 4 is 6.03 Å². The van der Waals surface area contributed by atoms with Crippen LogP contribution in [0.2, 0.25) is 0 Å². The van der Waals surface area contributed by atoms with Gasteiger partial charge in [-0.2, -0.15) is 0 Å². The highest BCUT2D eigenvalue weighted by atomic mass is 16.5. The maximum absolute atomic E-state index is 11.7. The normalized spacial score (nSPS) is 17.2. The van der Waals surface area contributed by atoms with Crippen LogP contribution in [0, 0.1) is 0 Å². The maximum atomic E-state index is 11.7. The number of piperidine rings is 1. The third-order valence-electron chi connectivity index (χ3n) is 2.98. The maximum Gasteiger partial charge on any atom is 0.317 e. The topological polar surface area (TPSA) is 61.8 Å². The van der Waals surface area contributed by atoms with E-state index in [-0.39, 0.29) is 18.7 Å². The Kier molecular flexibility index (Phi) is 6.96. The van der Waals surface area contributed by atoms with Crippen LogP contribution in [0.4, 0.5) is 4.79 Å². The van der Waals surface area contributed by atoms with Gasteiger partial charge in [0.15, 0.2) is 0 Å². The standard InChI is InChI=1S/C12H24N2O3/c1-2-3-6-13-12(16)14-7-4-11(5-8-14)17-10-9-15/h11,15H,2-10H2,1H3,(H,13,16). The van der Waals surface area contributed by atoms with Gasteiger partial charge in [0.1, 0.15) is 0 Å². The molecule has 17 heavy (non-hydrogen) atoms. The van der Waals surface area contributed by atoms with Crippen molar-refractivity contribution in [2.45, 2.75) is 38.7 Å². The molecule has 0 aromatic carbocycles. The predicted octanol–water partition coefficient (Wildman–Crippen LogP) is 0.969. The van der Waals surface area contributed by atoms with E-state index in [2.05, 4.69) is 12.2 Å². The largest absolute Gasteiger partial charge is 0.394 e. The van der Waals surface area contributed by atoms with Gasteiger partial charge in [0.05, 0.1) is 19.3 Å². The molecule has 1 fully saturated rings. The first kappa shape index (κ1) is 14.3. The van der Waals surface area contributed by atoms with Gasteiger partial charge in [-0.1, -0.05) is 13.3 Å². The number of amides is 2. The van der Waals surface area contributed by atoms with Crippen molar-refractivity contribution in [1.29, 1.82) is 0 Å². The molecular formula is C12H24N2O3. The molecule has 0 spiro atoms. The molecule has 0 saturated carbocycles. The number of hydrogen-bond acceptors (Lipinski definition) is 3. The summed E-state index contributed by atoms with van der Waals surface area (Å²) >= 11 is 0. The van der Waals surface area contributed by atoms with Gasteiger partial charge < -0.3 is 20.1 Å². The number of urea groups is 1. The summed E-state index contributed by atoms with van der Waals surface area (Å²) in [4.78, 5) is 13.6. The Bertz CT molecular complexity index is 216. The molecule has 1 aliphatic rings. The first-order chi connectivity index (χ1) is 8.27. The summed E-state index contributed by atoms with van der Waals surface area (Å²) in [6.45, 7) is 4.82. The van der Waals surface area contributed by atoms with Crippen LogP contribution in [0.25, 0.3) is 0 Å². The lowest BCUT2D eigenvalue weighted by molar-refractivity contribution is -0.00165. The lowest BCUT2D eigenvalue weighted by Crippen LogP contribution is -2.46. The molecule has 2 N–H and O–H groups in total. The highest BCUT2D eigenvalue weighted by molar-refractivity contribution is 5.74. The molecule has 0 bridgehead atoms. The molecule has 0 aliphatic carbocycles. The van der Waals surface area contributed by atoms with Crippen LogP contribution in [0.15, 0.2) is 0 Å². The SMILES string of the molecule is CCCCNC(=O)N1CCC(OCCO)CC1. The summed E-state index contributed by atoms with van der Waals surface area (Å²) in [5, 5.41) is 11.6. The van der Waals surface area contributed by atoms with Crippen molar-refractivity contribution in [2.75, 3.05) is 32.8 Å². The minimum absolute atomic E-state index is 0.0408. The molecule has 5 nitrogen and oxygen atoms in total. The molecule has 0 unspecified atom stereocenters. The monoisotopic (exact) mass is 244 g/mol. The molecule has 1 rings (SSSR count). The van der Waals surface area contributed by atoms with E-state index in [1.807, 2.05) is 4.90 Å². The second-order valence-corrected chi connectivity index (χ2v) is 4.37. The molecule has 0 radical (unpaired) electrons. The number of nitrogens with zero attached hydrogens (tertiary/aromatic N) is 1. The number of likely N-dealkylation sites (tertiary alicyclic amines) is 1. The van der Waals surface area contributed by atoms with E-state index >= 15 is 0 Å². The van der Waals surface area contributed by atoms with Crippen molar-refractivity contribution in [3.63, 3.8) is 0 Å². The van der Waals surface area contributed by atoms with Crippen molar-refractivity contribution in [3.05, 3.63) is 0 Å². The molecule has 0 atom stereocenters. The fourth-order valence-electron chi connectivity index (χ4n) is 1.93. The third kappa shape index (κ3) is 5.37. The van der Waals surface area contributed by atoms with Gasteiger partial charge in [-0.05, 0) is 19.3 Å². The lowest BCUT2D eigenvalue weighted by Gasteiger charge is -2.31. The smallest absolute Gasteiger partial charge is 0.317 e. The number of unbranched alkanes of at least 4 members (excludes halogenated alkanes) is 1. The van der Waals surface area contributed by atoms with Gasteiger partial charge in [-0.3, -0.25) is 0 Å². The van der Waals surface area contributed by atoms with E-state index in [9.17, 15) is 4.79 Å². The number of carbonyl (C=O) groups is 1. The van der Waals surface area contributed by atoms with Crippen LogP contribution in [0.1, 0.15) is 32.6 Å². The highest BCUT2D eigenvalue weighted by Crippen LogP contribution is 2.13. The first-order valence-electron chi connectivity index (χ1n) is 6.53. The zero-order chi connectivity index (χ0) is 12.5. The Morgan fingerprint density at radius 2 is 2.18 bits per heavy atom. The van der Waals surface area contributed by atoms with Crippen molar-refractivity contribution in [2.24, 2.45) is 0 Å². The van der Waals surface area contributed by atoms with E-state index < -0.39 is 0 Å². The predicted molar refractivity (Wildman–Crippen MR) is 65.9 cm³/mol. The Morgan fingerprint density at radius 1 is 1.47 bits per heavy atom. The Labute approximate surface area is 103 Å². The summed E-state index contributed by atoms with van der Waals surface area (Å²) in [5.41, 5.74) is 0. The molecule has 0 aromatic rings. The van der Waals surface area contributed by atoms with Crippen molar-refractivity contribution < 1.29 is 14.6 Å². The summed E-state index contributed by atoms with van der Waals surface area (Å²) in [7, 11) is 0. The minimum atomic E-state index is 0.0408. The van der Waals surface area contributed by atoms with Crippen molar-refractivity contribution in [1.82, 2.24) is 10.2 Å². The van der Waals surface area contributed by atoms with Gasteiger partial charge in [-0.15, -0.1) is 0 Å². The second-order valence-electron chi connectivity index (χ2n) is 4.37. The average Bonchev–Trinajstić information content (AvgIpc) is 2.37. The molecule has 1 heterocycles. The van der Waals surface area contributed by atoms with Gasteiger partial charge in [0, 0.05) is 19.6 Å². The molecule has 0 aromatic heterocycles. The van der Waals surface area contributed by atoms with Crippen LogP contribution in [-0.2, 0) is 4.74 Å². The second kappa shape index (κ2) is 8.31. The Morgan fingerprint density at radius 3 is 2.76 bits per heavy atom. The zero-order valence-corrected chi connectivity index (χ0v) is 10.7. The number of aliphatic hydroxyl groups is 1. The molecular weight excluding hydrogens is 220 g/mol. The molecule has 5 heteroatoms. The van der Waals surface area contributed by atoms with Gasteiger partial charge in [-0.25, -0.2) is 4.79 Å². The lowest BCUT2D eigenvalue weighted by atomic mass is 10.1. The summed E-state index contributed by atoms with van der Waals surface area (Å²) in [6, 6.07) is 0.0408.